The van der Waals surface area contributed by atoms with Crippen molar-refractivity contribution < 1.29 is 4.79 Å². The van der Waals surface area contributed by atoms with Gasteiger partial charge >= 0.3 is 0 Å². The van der Waals surface area contributed by atoms with Crippen molar-refractivity contribution in [3.8, 4) is 0 Å². The van der Waals surface area contributed by atoms with Crippen LogP contribution in [0.3, 0.4) is 0 Å². The molecule has 1 fully saturated rings. The number of benzene rings is 1. The predicted octanol–water partition coefficient (Wildman–Crippen LogP) is 3.19. The number of thioether (sulfide) groups is 1. The molecular weight excluding hydrogens is 358 g/mol. The van der Waals surface area contributed by atoms with E-state index in [0.717, 1.165) is 30.4 Å². The lowest BCUT2D eigenvalue weighted by atomic mass is 10.2. The number of nitrogens with zero attached hydrogens (tertiary/aromatic N) is 4. The highest BCUT2D eigenvalue weighted by atomic mass is 35.5. The molecule has 1 aliphatic heterocycles. The lowest BCUT2D eigenvalue weighted by molar-refractivity contribution is 0.102. The molecule has 3 aromatic rings. The number of aromatic nitrogens is 3. The second-order valence-electron chi connectivity index (χ2n) is 5.65. The number of fused-ring (bicyclic) bond motifs is 1. The highest BCUT2D eigenvalue weighted by Gasteiger charge is 2.15. The minimum atomic E-state index is -0.290. The van der Waals surface area contributed by atoms with Gasteiger partial charge in [-0.3, -0.25) is 4.79 Å². The number of carbonyl (C=O) groups excluding carboxylic acids is 1. The SMILES string of the molecule is O=C(Nc1cn2nc(N3CCSCC3)ccc2n1)c1ccccc1Cl. The maximum absolute atomic E-state index is 12.4. The van der Waals surface area contributed by atoms with Gasteiger partial charge in [0.2, 0.25) is 0 Å². The van der Waals surface area contributed by atoms with E-state index in [-0.39, 0.29) is 5.91 Å². The Kier molecular flexibility index (Phi) is 4.50. The van der Waals surface area contributed by atoms with Crippen molar-refractivity contribution in [2.24, 2.45) is 0 Å². The summed E-state index contributed by atoms with van der Waals surface area (Å²) in [5.41, 5.74) is 1.10. The first-order chi connectivity index (χ1) is 12.2. The number of carbonyl (C=O) groups is 1. The van der Waals surface area contributed by atoms with E-state index in [1.54, 1.807) is 35.0 Å². The first kappa shape index (κ1) is 16.2. The van der Waals surface area contributed by atoms with E-state index in [4.69, 9.17) is 11.6 Å². The molecule has 1 amide bonds. The summed E-state index contributed by atoms with van der Waals surface area (Å²) in [7, 11) is 0. The third-order valence-electron chi connectivity index (χ3n) is 4.00. The Morgan fingerprint density at radius 2 is 1.96 bits per heavy atom. The summed E-state index contributed by atoms with van der Waals surface area (Å²) in [6.45, 7) is 1.99. The van der Waals surface area contributed by atoms with E-state index in [2.05, 4.69) is 20.3 Å². The molecule has 1 aliphatic rings. The van der Waals surface area contributed by atoms with Crippen molar-refractivity contribution >= 4 is 46.6 Å². The van der Waals surface area contributed by atoms with E-state index in [1.165, 1.54) is 0 Å². The molecule has 4 rings (SSSR count). The largest absolute Gasteiger partial charge is 0.354 e. The Morgan fingerprint density at radius 1 is 1.16 bits per heavy atom. The summed E-state index contributed by atoms with van der Waals surface area (Å²) >= 11 is 8.02. The quantitative estimate of drug-likeness (QED) is 0.764. The fourth-order valence-electron chi connectivity index (χ4n) is 2.72. The molecule has 25 heavy (non-hydrogen) atoms. The van der Waals surface area contributed by atoms with Gasteiger partial charge in [-0.1, -0.05) is 23.7 Å². The Balaban J connectivity index is 1.56. The van der Waals surface area contributed by atoms with Crippen molar-refractivity contribution in [1.29, 1.82) is 0 Å². The smallest absolute Gasteiger partial charge is 0.258 e. The normalized spacial score (nSPS) is 14.7. The van der Waals surface area contributed by atoms with Crippen LogP contribution in [0, 0.1) is 0 Å². The lowest BCUT2D eigenvalue weighted by Crippen LogP contribution is -2.33. The number of halogens is 1. The highest BCUT2D eigenvalue weighted by molar-refractivity contribution is 7.99. The molecule has 0 aliphatic carbocycles. The Hall–Kier alpha value is -2.25. The van der Waals surface area contributed by atoms with Crippen LogP contribution in [0.25, 0.3) is 5.65 Å². The molecule has 0 spiro atoms. The van der Waals surface area contributed by atoms with Crippen molar-refractivity contribution in [2.45, 2.75) is 0 Å². The van der Waals surface area contributed by atoms with Crippen LogP contribution in [-0.2, 0) is 0 Å². The zero-order valence-electron chi connectivity index (χ0n) is 13.4. The zero-order chi connectivity index (χ0) is 17.2. The van der Waals surface area contributed by atoms with Gasteiger partial charge in [-0.15, -0.1) is 5.10 Å². The van der Waals surface area contributed by atoms with Gasteiger partial charge in [-0.25, -0.2) is 9.50 Å². The summed E-state index contributed by atoms with van der Waals surface area (Å²) in [5.74, 6) is 3.31. The van der Waals surface area contributed by atoms with Crippen LogP contribution in [-0.4, -0.2) is 45.1 Å². The number of hydrogen-bond donors (Lipinski definition) is 1. The Morgan fingerprint density at radius 3 is 2.76 bits per heavy atom. The second kappa shape index (κ2) is 6.93. The molecule has 1 N–H and O–H groups in total. The molecule has 1 saturated heterocycles. The summed E-state index contributed by atoms with van der Waals surface area (Å²) in [5, 5.41) is 7.80. The lowest BCUT2D eigenvalue weighted by Gasteiger charge is -2.27. The van der Waals surface area contributed by atoms with Gasteiger partial charge in [0.1, 0.15) is 5.82 Å². The standard InChI is InChI=1S/C17H16ClN5OS/c18-13-4-2-1-3-12(13)17(24)20-14-11-23-15(19-14)5-6-16(21-23)22-7-9-25-10-8-22/h1-6,11H,7-10H2,(H,20,24). The molecule has 0 unspecified atom stereocenters. The minimum absolute atomic E-state index is 0.290. The summed E-state index contributed by atoms with van der Waals surface area (Å²) in [6, 6.07) is 10.8. The number of anilines is 2. The van der Waals surface area contributed by atoms with Gasteiger partial charge in [0.25, 0.3) is 5.91 Å². The van der Waals surface area contributed by atoms with Crippen molar-refractivity contribution in [1.82, 2.24) is 14.6 Å². The van der Waals surface area contributed by atoms with E-state index < -0.39 is 0 Å². The third kappa shape index (κ3) is 3.43. The topological polar surface area (TPSA) is 62.5 Å². The molecule has 0 atom stereocenters. The second-order valence-corrected chi connectivity index (χ2v) is 7.29. The highest BCUT2D eigenvalue weighted by Crippen LogP contribution is 2.20. The minimum Gasteiger partial charge on any atom is -0.354 e. The van der Waals surface area contributed by atoms with Gasteiger partial charge in [0, 0.05) is 24.6 Å². The van der Waals surface area contributed by atoms with Crippen molar-refractivity contribution in [3.05, 3.63) is 53.2 Å². The van der Waals surface area contributed by atoms with Crippen LogP contribution in [0.5, 0.6) is 0 Å². The first-order valence-corrected chi connectivity index (χ1v) is 9.49. The summed E-state index contributed by atoms with van der Waals surface area (Å²) < 4.78 is 1.69. The molecular formula is C17H16ClN5OS. The van der Waals surface area contributed by atoms with Crippen LogP contribution >= 0.6 is 23.4 Å². The third-order valence-corrected chi connectivity index (χ3v) is 5.27. The van der Waals surface area contributed by atoms with Gasteiger partial charge in [-0.2, -0.15) is 11.8 Å². The average Bonchev–Trinajstić information content (AvgIpc) is 3.04. The van der Waals surface area contributed by atoms with E-state index in [1.807, 2.05) is 23.9 Å². The van der Waals surface area contributed by atoms with Crippen LogP contribution in [0.1, 0.15) is 10.4 Å². The van der Waals surface area contributed by atoms with Crippen molar-refractivity contribution in [3.63, 3.8) is 0 Å². The zero-order valence-corrected chi connectivity index (χ0v) is 14.9. The van der Waals surface area contributed by atoms with E-state index in [0.29, 0.717) is 22.1 Å². The van der Waals surface area contributed by atoms with E-state index in [9.17, 15) is 4.79 Å². The Labute approximate surface area is 154 Å². The number of amides is 1. The van der Waals surface area contributed by atoms with Crippen LogP contribution in [0.2, 0.25) is 5.02 Å². The van der Waals surface area contributed by atoms with E-state index >= 15 is 0 Å². The molecule has 6 nitrogen and oxygen atoms in total. The molecule has 0 radical (unpaired) electrons. The molecule has 2 aromatic heterocycles. The average molecular weight is 374 g/mol. The summed E-state index contributed by atoms with van der Waals surface area (Å²) in [6.07, 6.45) is 1.71. The van der Waals surface area contributed by atoms with Gasteiger partial charge in [0.05, 0.1) is 16.8 Å². The van der Waals surface area contributed by atoms with Gasteiger partial charge in [-0.05, 0) is 24.3 Å². The van der Waals surface area contributed by atoms with Crippen LogP contribution in [0.15, 0.2) is 42.6 Å². The first-order valence-electron chi connectivity index (χ1n) is 7.96. The predicted molar refractivity (Wildman–Crippen MR) is 102 cm³/mol. The molecule has 0 saturated carbocycles. The fourth-order valence-corrected chi connectivity index (χ4v) is 3.85. The Bertz CT molecular complexity index is 922. The van der Waals surface area contributed by atoms with Crippen LogP contribution in [0.4, 0.5) is 11.6 Å². The molecule has 8 heteroatoms. The van der Waals surface area contributed by atoms with Gasteiger partial charge < -0.3 is 10.2 Å². The molecule has 3 heterocycles. The molecule has 0 bridgehead atoms. The monoisotopic (exact) mass is 373 g/mol. The number of imidazole rings is 1. The number of hydrogen-bond acceptors (Lipinski definition) is 5. The van der Waals surface area contributed by atoms with Crippen LogP contribution < -0.4 is 10.2 Å². The number of nitrogens with one attached hydrogen (secondary N) is 1. The van der Waals surface area contributed by atoms with Crippen molar-refractivity contribution in [2.75, 3.05) is 34.8 Å². The summed E-state index contributed by atoms with van der Waals surface area (Å²) in [4.78, 5) is 19.0. The van der Waals surface area contributed by atoms with Gasteiger partial charge in [0.15, 0.2) is 11.5 Å². The fraction of sp³-hybridized carbons (Fsp3) is 0.235. The number of rotatable bonds is 3. The molecule has 128 valence electrons. The maximum Gasteiger partial charge on any atom is 0.258 e. The maximum atomic E-state index is 12.4. The molecule has 1 aromatic carbocycles.